The largest absolute Gasteiger partial charge is 0.507 e. The fraction of sp³-hybridized carbons (Fsp3) is 0.0909. The molecule has 0 aromatic heterocycles. The molecule has 24 bridgehead atoms. The Balaban J connectivity index is 0.900. The van der Waals surface area contributed by atoms with Crippen molar-refractivity contribution in [1.82, 2.24) is 0 Å². The van der Waals surface area contributed by atoms with Crippen LogP contribution in [-0.2, 0) is 19.3 Å². The number of hydrogen-bond donors (Lipinski definition) is 6. The number of rotatable bonds is 6. The van der Waals surface area contributed by atoms with Gasteiger partial charge in [-0.05, 0) is 167 Å². The van der Waals surface area contributed by atoms with E-state index in [2.05, 4.69) is 182 Å². The van der Waals surface area contributed by atoms with Crippen LogP contribution in [0.3, 0.4) is 0 Å². The Morgan fingerprint density at radius 3 is 0.438 bits per heavy atom. The lowest BCUT2D eigenvalue weighted by atomic mass is 9.57. The van der Waals surface area contributed by atoms with Crippen LogP contribution in [0.4, 0.5) is 0 Å². The molecule has 0 unspecified atom stereocenters. The Morgan fingerprint density at radius 1 is 0.162 bits per heavy atom. The van der Waals surface area contributed by atoms with Gasteiger partial charge in [-0.2, -0.15) is 0 Å². The van der Waals surface area contributed by atoms with Crippen LogP contribution in [0, 0.1) is 0 Å². The van der Waals surface area contributed by atoms with Crippen molar-refractivity contribution < 1.29 is 30.6 Å². The highest BCUT2D eigenvalue weighted by Crippen LogP contribution is 2.68. The van der Waals surface area contributed by atoms with Gasteiger partial charge in [-0.25, -0.2) is 0 Å². The van der Waals surface area contributed by atoms with Crippen molar-refractivity contribution in [3.05, 3.63) is 425 Å². The monoisotopic (exact) mass is 1350 g/mol. The SMILES string of the molecule is Oc1c2cc3c(c1-c1ccccc1)[C@H]1c4ccccc4[C@@H]3c3c1cc(c(O)c3-c1ccccc1)Cc1cc3c(c(-c4ccccc4)c1O)[C@H]1c4ccccc4[C@@H]3c3c1cc(c(O)c3-c1ccccc1)Cc1cc3c(c(-c4ccccc4)c1O)[C@H]1c4ccccc4[C@@H]3c3c1cc(c(O)c3-c1ccccc1)C2. The molecular formula is C99H66O6. The predicted molar refractivity (Wildman–Crippen MR) is 415 cm³/mol. The Kier molecular flexibility index (Phi) is 12.7. The molecule has 6 heteroatoms. The van der Waals surface area contributed by atoms with E-state index in [9.17, 15) is 30.6 Å². The molecule has 6 nitrogen and oxygen atoms in total. The van der Waals surface area contributed by atoms with E-state index in [-0.39, 0.29) is 53.8 Å². The molecule has 0 fully saturated rings. The lowest BCUT2D eigenvalue weighted by Gasteiger charge is -2.45. The van der Waals surface area contributed by atoms with E-state index in [0.29, 0.717) is 33.4 Å². The Morgan fingerprint density at radius 2 is 0.295 bits per heavy atom. The molecule has 15 aromatic carbocycles. The van der Waals surface area contributed by atoms with Gasteiger partial charge in [-0.1, -0.05) is 291 Å². The first-order valence-corrected chi connectivity index (χ1v) is 36.6. The van der Waals surface area contributed by atoms with Crippen LogP contribution in [0.1, 0.15) is 169 Å². The van der Waals surface area contributed by atoms with Gasteiger partial charge in [-0.15, -0.1) is 0 Å². The molecular weight excluding hydrogens is 1290 g/mol. The summed E-state index contributed by atoms with van der Waals surface area (Å²) in [4.78, 5) is 0. The van der Waals surface area contributed by atoms with Gasteiger partial charge in [0.2, 0.25) is 0 Å². The first-order chi connectivity index (χ1) is 51.7. The first-order valence-electron chi connectivity index (χ1n) is 36.6. The minimum Gasteiger partial charge on any atom is -0.507 e. The topological polar surface area (TPSA) is 121 Å². The summed E-state index contributed by atoms with van der Waals surface area (Å²) >= 11 is 0. The minimum atomic E-state index is -0.432. The fourth-order valence-electron chi connectivity index (χ4n) is 20.7. The molecule has 0 saturated heterocycles. The van der Waals surface area contributed by atoms with Crippen LogP contribution in [0.15, 0.2) is 291 Å². The van der Waals surface area contributed by atoms with E-state index in [4.69, 9.17) is 0 Å². The molecule has 0 saturated carbocycles. The molecule has 32 aliphatic carbocycles. The van der Waals surface area contributed by atoms with Gasteiger partial charge in [0.05, 0.1) is 0 Å². The van der Waals surface area contributed by atoms with Crippen LogP contribution in [-0.4, -0.2) is 30.6 Å². The van der Waals surface area contributed by atoms with Gasteiger partial charge in [0, 0.05) is 88.2 Å². The lowest BCUT2D eigenvalue weighted by molar-refractivity contribution is 0.461. The summed E-state index contributed by atoms with van der Waals surface area (Å²) in [6.07, 6.45) is 0.454. The van der Waals surface area contributed by atoms with Crippen molar-refractivity contribution in [2.75, 3.05) is 0 Å². The zero-order chi connectivity index (χ0) is 69.8. The average molecular weight is 1350 g/mol. The lowest BCUT2D eigenvalue weighted by Crippen LogP contribution is -2.30. The minimum absolute atomic E-state index is 0.132. The van der Waals surface area contributed by atoms with Gasteiger partial charge >= 0.3 is 0 Å². The van der Waals surface area contributed by atoms with Crippen LogP contribution in [0.25, 0.3) is 66.8 Å². The molecule has 0 heterocycles. The maximum absolute atomic E-state index is 13.8. The maximum Gasteiger partial charge on any atom is 0.127 e. The third-order valence-corrected chi connectivity index (χ3v) is 24.7. The number of aromatic hydroxyl groups is 6. The Bertz CT molecular complexity index is 5280. The Labute approximate surface area is 607 Å². The van der Waals surface area contributed by atoms with Crippen molar-refractivity contribution in [3.63, 3.8) is 0 Å². The predicted octanol–water partition coefficient (Wildman–Crippen LogP) is 22.0. The quantitative estimate of drug-likeness (QED) is 0.0987. The van der Waals surface area contributed by atoms with Gasteiger partial charge < -0.3 is 30.6 Å². The molecule has 0 spiro atoms. The van der Waals surface area contributed by atoms with Crippen LogP contribution in [0.2, 0.25) is 0 Å². The number of benzene rings is 15. The normalized spacial score (nSPS) is 17.8. The summed E-state index contributed by atoms with van der Waals surface area (Å²) in [6.45, 7) is 0. The molecule has 6 atom stereocenters. The molecule has 498 valence electrons. The molecule has 47 rings (SSSR count). The Hall–Kier alpha value is -12.9. The van der Waals surface area contributed by atoms with Gasteiger partial charge in [-0.3, -0.25) is 0 Å². The summed E-state index contributed by atoms with van der Waals surface area (Å²) in [5, 5.41) is 83.1. The number of hydrogen-bond acceptors (Lipinski definition) is 6. The fourth-order valence-corrected chi connectivity index (χ4v) is 20.7. The molecule has 32 aliphatic rings. The number of phenols is 6. The van der Waals surface area contributed by atoms with E-state index < -0.39 is 35.5 Å². The van der Waals surface area contributed by atoms with Crippen LogP contribution in [0.5, 0.6) is 34.5 Å². The molecule has 0 amide bonds. The van der Waals surface area contributed by atoms with Gasteiger partial charge in [0.15, 0.2) is 0 Å². The summed E-state index contributed by atoms with van der Waals surface area (Å²) in [7, 11) is 0. The smallest absolute Gasteiger partial charge is 0.127 e. The molecule has 15 aromatic rings. The summed E-state index contributed by atoms with van der Waals surface area (Å²) < 4.78 is 0. The van der Waals surface area contributed by atoms with E-state index in [0.717, 1.165) is 167 Å². The first kappa shape index (κ1) is 59.8. The van der Waals surface area contributed by atoms with Crippen molar-refractivity contribution in [1.29, 1.82) is 0 Å². The molecule has 6 N–H and O–H groups in total. The molecule has 0 radical (unpaired) electrons. The van der Waals surface area contributed by atoms with E-state index in [1.807, 2.05) is 109 Å². The van der Waals surface area contributed by atoms with Gasteiger partial charge in [0.1, 0.15) is 34.5 Å². The number of phenolic OH excluding ortho intramolecular Hbond substituents is 6. The van der Waals surface area contributed by atoms with E-state index in [1.165, 1.54) is 0 Å². The standard InChI is InChI=1S/C99H66O6/c100-94-58-43-59-48-72-84-66-39-21-22-40-67(66)85(90(72)78(95(59)101)54-29-11-3-12-30-54)74-50-62(98(104)79(91(74)84)55-31-13-4-14-32-55)45-63-51-75-87-69-42-24-23-41-68(69)86(93(75)81(99(63)105)57-35-17-6-18-36-57)73-49-61(97(103)80(92(73)87)56-33-15-5-16-34-56)44-60-47-71-82-64-37-19-20-38-65(64)83(89(71)77(96(60)102)53-27-9-2-10-28-53)70(46-58)88(82)76(94)52-25-7-1-8-26-52/h1-42,46-51,82-87,100-105H,43-45H2/t82-,83-,84-,85-,86-,87-/m0/s1. The van der Waals surface area contributed by atoms with Crippen molar-refractivity contribution in [2.24, 2.45) is 0 Å². The second-order valence-corrected chi connectivity index (χ2v) is 29.8. The summed E-state index contributed by atoms with van der Waals surface area (Å²) in [6, 6.07) is 101. The second kappa shape index (κ2) is 22.3. The van der Waals surface area contributed by atoms with Gasteiger partial charge in [0.25, 0.3) is 0 Å². The summed E-state index contributed by atoms with van der Waals surface area (Å²) in [5.74, 6) is -1.80. The second-order valence-electron chi connectivity index (χ2n) is 29.8. The highest BCUT2D eigenvalue weighted by Gasteiger charge is 2.51. The molecule has 0 aliphatic heterocycles. The maximum atomic E-state index is 13.8. The summed E-state index contributed by atoms with van der Waals surface area (Å²) in [5.41, 5.74) is 32.1. The van der Waals surface area contributed by atoms with Crippen molar-refractivity contribution in [2.45, 2.75) is 54.8 Å². The van der Waals surface area contributed by atoms with Crippen LogP contribution >= 0.6 is 0 Å². The zero-order valence-corrected chi connectivity index (χ0v) is 57.0. The van der Waals surface area contributed by atoms with E-state index in [1.54, 1.807) is 0 Å². The third-order valence-electron chi connectivity index (χ3n) is 24.7. The average Bonchev–Trinajstić information content (AvgIpc) is 0.736. The highest BCUT2D eigenvalue weighted by molar-refractivity contribution is 5.94. The van der Waals surface area contributed by atoms with Crippen molar-refractivity contribution in [3.8, 4) is 101 Å². The van der Waals surface area contributed by atoms with E-state index >= 15 is 0 Å². The van der Waals surface area contributed by atoms with Crippen molar-refractivity contribution >= 4 is 0 Å². The van der Waals surface area contributed by atoms with Crippen LogP contribution < -0.4 is 0 Å². The molecule has 105 heavy (non-hydrogen) atoms. The zero-order valence-electron chi connectivity index (χ0n) is 57.0. The third kappa shape index (κ3) is 8.25. The highest BCUT2D eigenvalue weighted by atomic mass is 16.3.